The van der Waals surface area contributed by atoms with Crippen molar-refractivity contribution >= 4 is 40.6 Å². The van der Waals surface area contributed by atoms with Crippen molar-refractivity contribution in [2.75, 3.05) is 11.9 Å². The van der Waals surface area contributed by atoms with Gasteiger partial charge in [-0.15, -0.1) is 0 Å². The maximum atomic E-state index is 12.9. The molecule has 3 aromatic rings. The minimum atomic E-state index is -0.537. The molecule has 4 rings (SSSR count). The van der Waals surface area contributed by atoms with Gasteiger partial charge in [-0.05, 0) is 67.1 Å². The lowest BCUT2D eigenvalue weighted by molar-refractivity contribution is -0.127. The number of hydrogen-bond acceptors (Lipinski definition) is 6. The summed E-state index contributed by atoms with van der Waals surface area (Å²) >= 11 is 0.778. The molecule has 0 aromatic heterocycles. The van der Waals surface area contributed by atoms with Crippen LogP contribution in [0.5, 0.6) is 5.75 Å². The Kier molecular flexibility index (Phi) is 7.52. The molecule has 36 heavy (non-hydrogen) atoms. The average Bonchev–Trinajstić information content (AvgIpc) is 3.13. The quantitative estimate of drug-likeness (QED) is 0.437. The first-order valence-corrected chi connectivity index (χ1v) is 12.0. The van der Waals surface area contributed by atoms with Crippen LogP contribution in [0.3, 0.4) is 0 Å². The molecule has 0 radical (unpaired) electrons. The molecule has 3 amide bonds. The molecule has 0 spiro atoms. The zero-order valence-corrected chi connectivity index (χ0v) is 20.6. The van der Waals surface area contributed by atoms with E-state index in [9.17, 15) is 19.6 Å². The number of ether oxygens (including phenoxy) is 1. The van der Waals surface area contributed by atoms with Gasteiger partial charge in [-0.2, -0.15) is 5.26 Å². The summed E-state index contributed by atoms with van der Waals surface area (Å²) in [4.78, 5) is 39.1. The molecular weight excluding hydrogens is 474 g/mol. The van der Waals surface area contributed by atoms with Crippen LogP contribution in [0.25, 0.3) is 6.08 Å². The molecule has 1 heterocycles. The smallest absolute Gasteiger partial charge is 0.294 e. The van der Waals surface area contributed by atoms with Crippen molar-refractivity contribution in [1.82, 2.24) is 4.90 Å². The van der Waals surface area contributed by atoms with E-state index in [0.29, 0.717) is 22.6 Å². The fourth-order valence-electron chi connectivity index (χ4n) is 3.58. The highest BCUT2D eigenvalue weighted by atomic mass is 32.2. The number of rotatable bonds is 7. The van der Waals surface area contributed by atoms with Gasteiger partial charge in [-0.25, -0.2) is 0 Å². The monoisotopic (exact) mass is 497 g/mol. The van der Waals surface area contributed by atoms with Crippen LogP contribution in [0, 0.1) is 25.2 Å². The Hall–Kier alpha value is -4.35. The van der Waals surface area contributed by atoms with Gasteiger partial charge in [0.1, 0.15) is 18.9 Å². The molecule has 0 atom stereocenters. The predicted octanol–water partition coefficient (Wildman–Crippen LogP) is 5.43. The third-order valence-corrected chi connectivity index (χ3v) is 6.60. The Morgan fingerprint density at radius 3 is 2.58 bits per heavy atom. The molecule has 3 aromatic carbocycles. The molecule has 0 bridgehead atoms. The van der Waals surface area contributed by atoms with Gasteiger partial charge in [0, 0.05) is 16.8 Å². The first kappa shape index (κ1) is 24.8. The van der Waals surface area contributed by atoms with Gasteiger partial charge in [-0.3, -0.25) is 19.3 Å². The summed E-state index contributed by atoms with van der Waals surface area (Å²) in [5, 5.41) is 11.5. The molecule has 8 heteroatoms. The molecule has 7 nitrogen and oxygen atoms in total. The van der Waals surface area contributed by atoms with Crippen LogP contribution in [-0.4, -0.2) is 28.5 Å². The van der Waals surface area contributed by atoms with Gasteiger partial charge in [0.15, 0.2) is 0 Å². The number of anilines is 1. The van der Waals surface area contributed by atoms with E-state index >= 15 is 0 Å². The van der Waals surface area contributed by atoms with Gasteiger partial charge in [0.05, 0.1) is 16.5 Å². The second-order valence-electron chi connectivity index (χ2n) is 8.21. The van der Waals surface area contributed by atoms with E-state index in [1.165, 1.54) is 0 Å². The van der Waals surface area contributed by atoms with Gasteiger partial charge in [0.25, 0.3) is 11.1 Å². The summed E-state index contributed by atoms with van der Waals surface area (Å²) in [6, 6.07) is 21.9. The fraction of sp³-hybridized carbons (Fsp3) is 0.143. The second-order valence-corrected chi connectivity index (χ2v) is 9.20. The maximum Gasteiger partial charge on any atom is 0.294 e. The number of carbonyl (C=O) groups excluding carboxylic acids is 3. The molecule has 0 saturated carbocycles. The molecule has 1 N–H and O–H groups in total. The van der Waals surface area contributed by atoms with E-state index in [1.54, 1.807) is 48.5 Å². The summed E-state index contributed by atoms with van der Waals surface area (Å²) in [5.41, 5.74) is 4.60. The van der Waals surface area contributed by atoms with Crippen LogP contribution < -0.4 is 10.1 Å². The van der Waals surface area contributed by atoms with E-state index < -0.39 is 17.1 Å². The minimum Gasteiger partial charge on any atom is -0.488 e. The minimum absolute atomic E-state index is 0.175. The summed E-state index contributed by atoms with van der Waals surface area (Å²) in [6.45, 7) is 3.71. The Morgan fingerprint density at radius 2 is 1.81 bits per heavy atom. The molecule has 0 aliphatic carbocycles. The van der Waals surface area contributed by atoms with Crippen LogP contribution in [0.2, 0.25) is 0 Å². The summed E-state index contributed by atoms with van der Waals surface area (Å²) in [5.74, 6) is -0.490. The van der Waals surface area contributed by atoms with Crippen molar-refractivity contribution in [1.29, 1.82) is 5.26 Å². The highest BCUT2D eigenvalue weighted by Crippen LogP contribution is 2.34. The van der Waals surface area contributed by atoms with E-state index in [-0.39, 0.29) is 18.1 Å². The number of benzene rings is 3. The van der Waals surface area contributed by atoms with Crippen LogP contribution in [0.15, 0.2) is 71.6 Å². The van der Waals surface area contributed by atoms with Crippen molar-refractivity contribution in [3.63, 3.8) is 0 Å². The van der Waals surface area contributed by atoms with E-state index in [1.807, 2.05) is 38.1 Å². The van der Waals surface area contributed by atoms with Crippen molar-refractivity contribution in [2.24, 2.45) is 0 Å². The molecule has 1 fully saturated rings. The van der Waals surface area contributed by atoms with Gasteiger partial charge in [-0.1, -0.05) is 42.5 Å². The normalized spacial score (nSPS) is 14.1. The van der Waals surface area contributed by atoms with Gasteiger partial charge in [0.2, 0.25) is 5.91 Å². The number of para-hydroxylation sites is 1. The largest absolute Gasteiger partial charge is 0.488 e. The molecule has 180 valence electrons. The zero-order valence-electron chi connectivity index (χ0n) is 19.8. The number of hydrogen-bond donors (Lipinski definition) is 1. The van der Waals surface area contributed by atoms with Crippen molar-refractivity contribution in [2.45, 2.75) is 20.5 Å². The third kappa shape index (κ3) is 5.65. The molecule has 1 aliphatic rings. The molecule has 1 aliphatic heterocycles. The Balaban J connectivity index is 1.46. The lowest BCUT2D eigenvalue weighted by atomic mass is 10.1. The number of nitrogens with zero attached hydrogens (tertiary/aromatic N) is 2. The molecule has 0 unspecified atom stereocenters. The number of imide groups is 1. The standard InChI is InChI=1S/C28H23N3O4S/c1-18-11-12-23(13-19(18)2)30-26(32)16-31-27(33)25(36-28(31)34)14-20-7-5-6-10-24(20)35-17-22-9-4-3-8-21(22)15-29/h3-14H,16-17H2,1-2H3,(H,30,32)/b25-14+. The lowest BCUT2D eigenvalue weighted by Crippen LogP contribution is -2.36. The maximum absolute atomic E-state index is 12.9. The van der Waals surface area contributed by atoms with Crippen molar-refractivity contribution in [3.05, 3.63) is 99.5 Å². The van der Waals surface area contributed by atoms with E-state index in [0.717, 1.165) is 33.4 Å². The highest BCUT2D eigenvalue weighted by Gasteiger charge is 2.36. The zero-order chi connectivity index (χ0) is 25.7. The topological polar surface area (TPSA) is 99.5 Å². The van der Waals surface area contributed by atoms with Crippen molar-refractivity contribution in [3.8, 4) is 11.8 Å². The number of amides is 3. The number of thioether (sulfide) groups is 1. The van der Waals surface area contributed by atoms with Crippen LogP contribution in [0.1, 0.15) is 27.8 Å². The highest BCUT2D eigenvalue weighted by molar-refractivity contribution is 8.18. The van der Waals surface area contributed by atoms with Crippen LogP contribution in [0.4, 0.5) is 10.5 Å². The summed E-state index contributed by atoms with van der Waals surface area (Å²) in [6.07, 6.45) is 1.58. The number of nitriles is 1. The Morgan fingerprint density at radius 1 is 1.06 bits per heavy atom. The van der Waals surface area contributed by atoms with Crippen molar-refractivity contribution < 1.29 is 19.1 Å². The third-order valence-electron chi connectivity index (χ3n) is 5.69. The Bertz CT molecular complexity index is 1420. The van der Waals surface area contributed by atoms with E-state index in [4.69, 9.17) is 4.74 Å². The molecular formula is C28H23N3O4S. The predicted molar refractivity (Wildman–Crippen MR) is 139 cm³/mol. The number of carbonyl (C=O) groups is 3. The van der Waals surface area contributed by atoms with Crippen LogP contribution >= 0.6 is 11.8 Å². The van der Waals surface area contributed by atoms with E-state index in [2.05, 4.69) is 11.4 Å². The first-order valence-electron chi connectivity index (χ1n) is 11.2. The summed E-state index contributed by atoms with van der Waals surface area (Å²) < 4.78 is 5.93. The summed E-state index contributed by atoms with van der Waals surface area (Å²) in [7, 11) is 0. The number of aryl methyl sites for hydroxylation is 2. The SMILES string of the molecule is Cc1ccc(NC(=O)CN2C(=O)S/C(=C/c3ccccc3OCc3ccccc3C#N)C2=O)cc1C. The first-order chi connectivity index (χ1) is 17.4. The van der Waals surface area contributed by atoms with Gasteiger partial charge >= 0.3 is 0 Å². The average molecular weight is 498 g/mol. The number of nitrogens with one attached hydrogen (secondary N) is 1. The second kappa shape index (κ2) is 10.9. The lowest BCUT2D eigenvalue weighted by Gasteiger charge is -2.13. The Labute approximate surface area is 213 Å². The van der Waals surface area contributed by atoms with Crippen LogP contribution in [-0.2, 0) is 16.2 Å². The fourth-order valence-corrected chi connectivity index (χ4v) is 4.41. The molecule has 1 saturated heterocycles. The van der Waals surface area contributed by atoms with Gasteiger partial charge < -0.3 is 10.1 Å².